The highest BCUT2D eigenvalue weighted by Gasteiger charge is 2.31. The summed E-state index contributed by atoms with van der Waals surface area (Å²) in [6.07, 6.45) is 0.997. The zero-order valence-corrected chi connectivity index (χ0v) is 17.5. The number of ether oxygens (including phenoxy) is 2. The van der Waals surface area contributed by atoms with Crippen LogP contribution in [0.1, 0.15) is 28.8 Å². The smallest absolute Gasteiger partial charge is 0.406 e. The molecular weight excluding hydrogens is 437 g/mol. The van der Waals surface area contributed by atoms with Crippen LogP contribution in [-0.4, -0.2) is 57.5 Å². The molecule has 1 N–H and O–H groups in total. The molecule has 0 bridgehead atoms. The van der Waals surface area contributed by atoms with E-state index in [2.05, 4.69) is 20.0 Å². The molecule has 2 heterocycles. The van der Waals surface area contributed by atoms with Crippen LogP contribution >= 0.6 is 0 Å². The number of nitrogens with one attached hydrogen (secondary N) is 1. The Hall–Kier alpha value is -2.73. The maximum Gasteiger partial charge on any atom is 0.573 e. The molecule has 1 aromatic heterocycles. The molecule has 0 saturated carbocycles. The molecule has 12 heteroatoms. The predicted molar refractivity (Wildman–Crippen MR) is 106 cm³/mol. The first-order valence-corrected chi connectivity index (χ1v) is 10.9. The Morgan fingerprint density at radius 3 is 2.68 bits per heavy atom. The number of alkyl halides is 3. The maximum atomic E-state index is 12.5. The second kappa shape index (κ2) is 10.1. The number of nitrogens with zero attached hydrogens (tertiary/aromatic N) is 3. The average Bonchev–Trinajstić information content (AvgIpc) is 3.00. The van der Waals surface area contributed by atoms with Crippen LogP contribution in [0.5, 0.6) is 5.75 Å². The standard InChI is InChI=1S/C19H21F3N4O4S/c1-31(28)16-7-13(6-15(8-16)30-19(20,21)22)9-23-18-24-10-14(11-25-18)17(27)26-4-2-3-5-29-12-26/h6-8,10-11H,2-5,9,12H2,1H3,(H,23,24,25). The van der Waals surface area contributed by atoms with Gasteiger partial charge in [-0.1, -0.05) is 0 Å². The summed E-state index contributed by atoms with van der Waals surface area (Å²) < 4.78 is 58.7. The van der Waals surface area contributed by atoms with Crippen molar-refractivity contribution in [2.45, 2.75) is 30.6 Å². The number of benzene rings is 1. The lowest BCUT2D eigenvalue weighted by atomic mass is 10.2. The van der Waals surface area contributed by atoms with E-state index in [1.165, 1.54) is 30.8 Å². The maximum absolute atomic E-state index is 12.5. The molecule has 168 valence electrons. The van der Waals surface area contributed by atoms with Crippen molar-refractivity contribution in [2.75, 3.05) is 31.5 Å². The summed E-state index contributed by atoms with van der Waals surface area (Å²) in [7, 11) is -1.50. The summed E-state index contributed by atoms with van der Waals surface area (Å²) in [5.74, 6) is -0.510. The first-order chi connectivity index (χ1) is 14.7. The van der Waals surface area contributed by atoms with Gasteiger partial charge in [0.1, 0.15) is 12.5 Å². The number of carbonyl (C=O) groups excluding carboxylic acids is 1. The van der Waals surface area contributed by atoms with E-state index in [9.17, 15) is 22.2 Å². The Kier molecular flexibility index (Phi) is 7.44. The van der Waals surface area contributed by atoms with Gasteiger partial charge >= 0.3 is 6.36 Å². The van der Waals surface area contributed by atoms with Gasteiger partial charge in [0, 0.05) is 54.0 Å². The summed E-state index contributed by atoms with van der Waals surface area (Å²) in [6.45, 7) is 1.49. The van der Waals surface area contributed by atoms with E-state index < -0.39 is 22.9 Å². The SMILES string of the molecule is CS(=O)c1cc(CNc2ncc(C(=O)N3CCCCOC3)cn2)cc(OC(F)(F)F)c1. The van der Waals surface area contributed by atoms with E-state index in [-0.39, 0.29) is 30.0 Å². The van der Waals surface area contributed by atoms with Gasteiger partial charge in [-0.05, 0) is 36.6 Å². The molecule has 0 radical (unpaired) electrons. The molecule has 1 aliphatic rings. The van der Waals surface area contributed by atoms with Crippen LogP contribution in [0.4, 0.5) is 19.1 Å². The molecule has 1 fully saturated rings. The van der Waals surface area contributed by atoms with Crippen LogP contribution < -0.4 is 10.1 Å². The molecule has 0 aliphatic carbocycles. The van der Waals surface area contributed by atoms with Gasteiger partial charge in [-0.25, -0.2) is 9.97 Å². The molecule has 0 spiro atoms. The van der Waals surface area contributed by atoms with Crippen molar-refractivity contribution in [3.8, 4) is 5.75 Å². The van der Waals surface area contributed by atoms with Crippen LogP contribution in [0.3, 0.4) is 0 Å². The fraction of sp³-hybridized carbons (Fsp3) is 0.421. The van der Waals surface area contributed by atoms with Gasteiger partial charge in [0.25, 0.3) is 5.91 Å². The largest absolute Gasteiger partial charge is 0.573 e. The first kappa shape index (κ1) is 22.9. The van der Waals surface area contributed by atoms with Gasteiger partial charge in [-0.2, -0.15) is 0 Å². The number of rotatable bonds is 6. The fourth-order valence-corrected chi connectivity index (χ4v) is 3.49. The Bertz CT molecular complexity index is 933. The van der Waals surface area contributed by atoms with Crippen molar-refractivity contribution in [1.29, 1.82) is 0 Å². The summed E-state index contributed by atoms with van der Waals surface area (Å²) >= 11 is 0. The summed E-state index contributed by atoms with van der Waals surface area (Å²) in [5.41, 5.74) is 0.706. The highest BCUT2D eigenvalue weighted by Crippen LogP contribution is 2.26. The first-order valence-electron chi connectivity index (χ1n) is 9.37. The summed E-state index contributed by atoms with van der Waals surface area (Å²) in [4.78, 5) is 22.5. The molecule has 1 amide bonds. The van der Waals surface area contributed by atoms with Crippen molar-refractivity contribution in [3.05, 3.63) is 41.7 Å². The highest BCUT2D eigenvalue weighted by molar-refractivity contribution is 7.84. The highest BCUT2D eigenvalue weighted by atomic mass is 32.2. The van der Waals surface area contributed by atoms with Gasteiger partial charge in [0.05, 0.1) is 5.56 Å². The molecule has 1 saturated heterocycles. The van der Waals surface area contributed by atoms with Crippen molar-refractivity contribution >= 4 is 22.7 Å². The number of aromatic nitrogens is 2. The molecule has 1 atom stereocenters. The van der Waals surface area contributed by atoms with Crippen molar-refractivity contribution in [2.24, 2.45) is 0 Å². The Morgan fingerprint density at radius 1 is 1.26 bits per heavy atom. The quantitative estimate of drug-likeness (QED) is 0.711. The molecule has 1 aliphatic heterocycles. The molecular formula is C19H21F3N4O4S. The number of anilines is 1. The fourth-order valence-electron chi connectivity index (χ4n) is 2.89. The lowest BCUT2D eigenvalue weighted by molar-refractivity contribution is -0.274. The summed E-state index contributed by atoms with van der Waals surface area (Å²) in [5, 5.41) is 2.87. The van der Waals surface area contributed by atoms with Gasteiger partial charge in [0.15, 0.2) is 0 Å². The minimum absolute atomic E-state index is 0.0620. The van der Waals surface area contributed by atoms with Gasteiger partial charge in [0.2, 0.25) is 5.95 Å². The third-order valence-electron chi connectivity index (χ3n) is 4.36. The van der Waals surface area contributed by atoms with Gasteiger partial charge in [-0.3, -0.25) is 9.00 Å². The molecule has 2 aromatic rings. The normalized spacial score (nSPS) is 15.8. The van der Waals surface area contributed by atoms with Crippen LogP contribution in [-0.2, 0) is 22.1 Å². The number of hydrogen-bond donors (Lipinski definition) is 1. The van der Waals surface area contributed by atoms with E-state index in [1.54, 1.807) is 4.90 Å². The molecule has 8 nitrogen and oxygen atoms in total. The lowest BCUT2D eigenvalue weighted by Gasteiger charge is -2.19. The second-order valence-corrected chi connectivity index (χ2v) is 8.16. The Labute approximate surface area is 179 Å². The molecule has 31 heavy (non-hydrogen) atoms. The molecule has 1 unspecified atom stereocenters. The number of hydrogen-bond acceptors (Lipinski definition) is 7. The number of halogens is 3. The van der Waals surface area contributed by atoms with Crippen LogP contribution in [0.25, 0.3) is 0 Å². The third-order valence-corrected chi connectivity index (χ3v) is 5.26. The topological polar surface area (TPSA) is 93.7 Å². The van der Waals surface area contributed by atoms with E-state index in [0.717, 1.165) is 18.9 Å². The van der Waals surface area contributed by atoms with Crippen molar-refractivity contribution in [1.82, 2.24) is 14.9 Å². The van der Waals surface area contributed by atoms with Crippen molar-refractivity contribution in [3.63, 3.8) is 0 Å². The second-order valence-electron chi connectivity index (χ2n) is 6.78. The van der Waals surface area contributed by atoms with Crippen LogP contribution in [0, 0.1) is 0 Å². The van der Waals surface area contributed by atoms with Crippen molar-refractivity contribution < 1.29 is 31.6 Å². The van der Waals surface area contributed by atoms with Gasteiger partial charge < -0.3 is 19.7 Å². The average molecular weight is 458 g/mol. The minimum atomic E-state index is -4.86. The number of carbonyl (C=O) groups is 1. The van der Waals surface area contributed by atoms with E-state index >= 15 is 0 Å². The predicted octanol–water partition coefficient (Wildman–Crippen LogP) is 2.93. The molecule has 1 aromatic carbocycles. The zero-order chi connectivity index (χ0) is 22.4. The minimum Gasteiger partial charge on any atom is -0.406 e. The monoisotopic (exact) mass is 458 g/mol. The van der Waals surface area contributed by atoms with E-state index in [4.69, 9.17) is 4.74 Å². The Morgan fingerprint density at radius 2 is 2.00 bits per heavy atom. The molecule has 3 rings (SSSR count). The number of amides is 1. The van der Waals surface area contributed by atoms with E-state index in [1.807, 2.05) is 0 Å². The van der Waals surface area contributed by atoms with Gasteiger partial charge in [-0.15, -0.1) is 13.2 Å². The van der Waals surface area contributed by atoms with Crippen LogP contribution in [0.2, 0.25) is 0 Å². The third kappa shape index (κ3) is 6.89. The summed E-state index contributed by atoms with van der Waals surface area (Å²) in [6, 6.07) is 3.77. The van der Waals surface area contributed by atoms with E-state index in [0.29, 0.717) is 24.3 Å². The van der Waals surface area contributed by atoms with Crippen LogP contribution in [0.15, 0.2) is 35.5 Å². The Balaban J connectivity index is 1.66. The lowest BCUT2D eigenvalue weighted by Crippen LogP contribution is -2.32. The zero-order valence-electron chi connectivity index (χ0n) is 16.6.